The van der Waals surface area contributed by atoms with Gasteiger partial charge >= 0.3 is 0 Å². The van der Waals surface area contributed by atoms with Gasteiger partial charge in [-0.15, -0.1) is 0 Å². The minimum absolute atomic E-state index is 0.253. The predicted molar refractivity (Wildman–Crippen MR) is 79.4 cm³/mol. The maximum absolute atomic E-state index is 6.20. The molecule has 112 valence electrons. The number of rotatable bonds is 4. The van der Waals surface area contributed by atoms with Crippen molar-refractivity contribution in [1.82, 2.24) is 9.80 Å². The summed E-state index contributed by atoms with van der Waals surface area (Å²) < 4.78 is 5.49. The van der Waals surface area contributed by atoms with Crippen LogP contribution in [0.1, 0.15) is 39.0 Å². The van der Waals surface area contributed by atoms with Crippen LogP contribution in [0.3, 0.4) is 0 Å². The van der Waals surface area contributed by atoms with Gasteiger partial charge in [-0.25, -0.2) is 0 Å². The summed E-state index contributed by atoms with van der Waals surface area (Å²) in [6.45, 7) is 9.00. The smallest absolute Gasteiger partial charge is 0.0595 e. The second-order valence-electron chi connectivity index (χ2n) is 6.14. The molecule has 4 heteroatoms. The molecule has 2 aliphatic rings. The second kappa shape index (κ2) is 7.02. The Hall–Kier alpha value is -0.160. The third kappa shape index (κ3) is 3.48. The van der Waals surface area contributed by atoms with Crippen molar-refractivity contribution in [2.75, 3.05) is 46.4 Å². The largest absolute Gasteiger partial charge is 0.381 e. The van der Waals surface area contributed by atoms with E-state index in [2.05, 4.69) is 16.7 Å². The number of methoxy groups -OCH3 is 1. The Labute approximate surface area is 118 Å². The zero-order valence-electron chi connectivity index (χ0n) is 12.7. The molecule has 2 heterocycles. The lowest BCUT2D eigenvalue weighted by molar-refractivity contribution is -0.00746. The van der Waals surface area contributed by atoms with Crippen LogP contribution >= 0.6 is 0 Å². The molecule has 0 aliphatic carbocycles. The van der Waals surface area contributed by atoms with Gasteiger partial charge in [0.25, 0.3) is 0 Å². The summed E-state index contributed by atoms with van der Waals surface area (Å²) in [6.07, 6.45) is 6.57. The first-order valence-electron chi connectivity index (χ1n) is 7.94. The van der Waals surface area contributed by atoms with E-state index in [1.54, 1.807) is 0 Å². The van der Waals surface area contributed by atoms with Crippen LogP contribution in [0.5, 0.6) is 0 Å². The zero-order valence-corrected chi connectivity index (χ0v) is 12.7. The third-order valence-corrected chi connectivity index (χ3v) is 5.28. The van der Waals surface area contributed by atoms with Crippen LogP contribution in [0.2, 0.25) is 0 Å². The van der Waals surface area contributed by atoms with Gasteiger partial charge in [-0.3, -0.25) is 4.90 Å². The fraction of sp³-hybridized carbons (Fsp3) is 1.00. The molecule has 2 N–H and O–H groups in total. The number of likely N-dealkylation sites (tertiary alicyclic amines) is 2. The van der Waals surface area contributed by atoms with Crippen LogP contribution in [0, 0.1) is 0 Å². The molecular weight excluding hydrogens is 238 g/mol. The van der Waals surface area contributed by atoms with Gasteiger partial charge in [0.05, 0.1) is 6.10 Å². The Morgan fingerprint density at radius 2 is 1.89 bits per heavy atom. The molecule has 0 aromatic rings. The predicted octanol–water partition coefficient (Wildman–Crippen LogP) is 1.30. The van der Waals surface area contributed by atoms with Crippen LogP contribution in [-0.2, 0) is 4.74 Å². The lowest BCUT2D eigenvalue weighted by Crippen LogP contribution is -2.57. The van der Waals surface area contributed by atoms with E-state index in [1.165, 1.54) is 38.9 Å². The summed E-state index contributed by atoms with van der Waals surface area (Å²) in [5.74, 6) is 0. The summed E-state index contributed by atoms with van der Waals surface area (Å²) in [7, 11) is 1.84. The third-order valence-electron chi connectivity index (χ3n) is 5.28. The van der Waals surface area contributed by atoms with E-state index in [-0.39, 0.29) is 5.54 Å². The van der Waals surface area contributed by atoms with Crippen LogP contribution < -0.4 is 5.73 Å². The van der Waals surface area contributed by atoms with E-state index < -0.39 is 0 Å². The lowest BCUT2D eigenvalue weighted by Gasteiger charge is -2.46. The maximum Gasteiger partial charge on any atom is 0.0595 e. The highest BCUT2D eigenvalue weighted by Gasteiger charge is 2.38. The first-order valence-corrected chi connectivity index (χ1v) is 7.94. The molecule has 2 fully saturated rings. The summed E-state index contributed by atoms with van der Waals surface area (Å²) >= 11 is 0. The van der Waals surface area contributed by atoms with Crippen LogP contribution in [-0.4, -0.2) is 67.8 Å². The molecule has 19 heavy (non-hydrogen) atoms. The van der Waals surface area contributed by atoms with E-state index in [1.807, 2.05) is 7.11 Å². The summed E-state index contributed by atoms with van der Waals surface area (Å²) in [4.78, 5) is 5.24. The van der Waals surface area contributed by atoms with Crippen LogP contribution in [0.4, 0.5) is 0 Å². The van der Waals surface area contributed by atoms with Crippen molar-refractivity contribution >= 4 is 0 Å². The van der Waals surface area contributed by atoms with Gasteiger partial charge in [-0.05, 0) is 51.7 Å². The molecule has 0 saturated carbocycles. The van der Waals surface area contributed by atoms with Gasteiger partial charge in [-0.2, -0.15) is 0 Å². The minimum Gasteiger partial charge on any atom is -0.381 e. The first kappa shape index (κ1) is 15.2. The van der Waals surface area contributed by atoms with Crippen molar-refractivity contribution < 1.29 is 4.74 Å². The number of nitrogens with two attached hydrogens (primary N) is 1. The SMILES string of the molecule is CCN1CCCC(CN)(N2CCC(OC)CC2)CC1. The number of piperidine rings is 1. The number of ether oxygens (including phenoxy) is 1. The highest BCUT2D eigenvalue weighted by molar-refractivity contribution is 4.96. The van der Waals surface area contributed by atoms with Crippen molar-refractivity contribution in [3.05, 3.63) is 0 Å². The Morgan fingerprint density at radius 3 is 2.47 bits per heavy atom. The van der Waals surface area contributed by atoms with E-state index in [0.717, 1.165) is 32.5 Å². The van der Waals surface area contributed by atoms with Crippen molar-refractivity contribution in [3.8, 4) is 0 Å². The van der Waals surface area contributed by atoms with Crippen molar-refractivity contribution in [2.45, 2.75) is 50.7 Å². The Bertz CT molecular complexity index is 266. The maximum atomic E-state index is 6.20. The normalized spacial score (nSPS) is 32.4. The molecule has 2 rings (SSSR count). The Morgan fingerprint density at radius 1 is 1.16 bits per heavy atom. The van der Waals surface area contributed by atoms with Gasteiger partial charge in [-0.1, -0.05) is 6.92 Å². The highest BCUT2D eigenvalue weighted by atomic mass is 16.5. The molecular formula is C15H31N3O. The molecule has 4 nitrogen and oxygen atoms in total. The summed E-state index contributed by atoms with van der Waals surface area (Å²) in [6, 6.07) is 0. The van der Waals surface area contributed by atoms with Crippen LogP contribution in [0.25, 0.3) is 0 Å². The second-order valence-corrected chi connectivity index (χ2v) is 6.14. The molecule has 0 bridgehead atoms. The summed E-state index contributed by atoms with van der Waals surface area (Å²) in [5.41, 5.74) is 6.45. The molecule has 2 saturated heterocycles. The van der Waals surface area contributed by atoms with Gasteiger partial charge in [0, 0.05) is 32.3 Å². The molecule has 0 radical (unpaired) electrons. The minimum atomic E-state index is 0.253. The summed E-state index contributed by atoms with van der Waals surface area (Å²) in [5, 5.41) is 0. The van der Waals surface area contributed by atoms with Gasteiger partial charge in [0.2, 0.25) is 0 Å². The fourth-order valence-corrected chi connectivity index (χ4v) is 3.77. The number of nitrogens with zero attached hydrogens (tertiary/aromatic N) is 2. The van der Waals surface area contributed by atoms with E-state index >= 15 is 0 Å². The standard InChI is InChI=1S/C15H31N3O/c1-3-17-9-4-7-15(13-16,8-12-17)18-10-5-14(19-2)6-11-18/h14H,3-13,16H2,1-2H3. The van der Waals surface area contributed by atoms with E-state index in [0.29, 0.717) is 6.10 Å². The zero-order chi connectivity index (χ0) is 13.7. The molecule has 0 spiro atoms. The number of hydrogen-bond acceptors (Lipinski definition) is 4. The van der Waals surface area contributed by atoms with Gasteiger partial charge in [0.1, 0.15) is 0 Å². The fourth-order valence-electron chi connectivity index (χ4n) is 3.77. The first-order chi connectivity index (χ1) is 9.24. The molecule has 2 aliphatic heterocycles. The van der Waals surface area contributed by atoms with Crippen LogP contribution in [0.15, 0.2) is 0 Å². The highest BCUT2D eigenvalue weighted by Crippen LogP contribution is 2.31. The number of hydrogen-bond donors (Lipinski definition) is 1. The van der Waals surface area contributed by atoms with E-state index in [4.69, 9.17) is 10.5 Å². The average Bonchev–Trinajstić information content (AvgIpc) is 2.70. The van der Waals surface area contributed by atoms with Gasteiger partial charge < -0.3 is 15.4 Å². The van der Waals surface area contributed by atoms with Crippen molar-refractivity contribution in [2.24, 2.45) is 5.73 Å². The topological polar surface area (TPSA) is 41.7 Å². The molecule has 0 amide bonds. The van der Waals surface area contributed by atoms with Gasteiger partial charge in [0.15, 0.2) is 0 Å². The van der Waals surface area contributed by atoms with E-state index in [9.17, 15) is 0 Å². The molecule has 1 atom stereocenters. The monoisotopic (exact) mass is 269 g/mol. The molecule has 0 aromatic carbocycles. The lowest BCUT2D eigenvalue weighted by atomic mass is 9.86. The molecule has 1 unspecified atom stereocenters. The van der Waals surface area contributed by atoms with Crippen molar-refractivity contribution in [1.29, 1.82) is 0 Å². The molecule has 0 aromatic heterocycles. The van der Waals surface area contributed by atoms with Crippen molar-refractivity contribution in [3.63, 3.8) is 0 Å². The quantitative estimate of drug-likeness (QED) is 0.835. The average molecular weight is 269 g/mol. The Kier molecular flexibility index (Phi) is 5.63. The Balaban J connectivity index is 1.97.